The van der Waals surface area contributed by atoms with E-state index in [2.05, 4.69) is 16.0 Å². The minimum absolute atomic E-state index is 0.0502. The third-order valence-electron chi connectivity index (χ3n) is 6.15. The van der Waals surface area contributed by atoms with Crippen LogP contribution in [0, 0.1) is 0 Å². The van der Waals surface area contributed by atoms with Crippen molar-refractivity contribution in [2.75, 3.05) is 24.9 Å². The molecule has 220 valence electrons. The molecule has 1 atom stereocenters. The molecule has 4 aromatic carbocycles. The maximum Gasteiger partial charge on any atom is 0.272 e. The van der Waals surface area contributed by atoms with Crippen molar-refractivity contribution in [2.24, 2.45) is 0 Å². The van der Waals surface area contributed by atoms with Crippen molar-refractivity contribution in [2.45, 2.75) is 17.1 Å². The molecule has 0 radical (unpaired) electrons. The molecule has 0 aromatic heterocycles. The predicted octanol–water partition coefficient (Wildman–Crippen LogP) is 6.89. The van der Waals surface area contributed by atoms with E-state index in [1.807, 2.05) is 6.07 Å². The summed E-state index contributed by atoms with van der Waals surface area (Å²) >= 11 is 7.34. The van der Waals surface area contributed by atoms with Crippen LogP contribution in [0.1, 0.15) is 22.8 Å². The van der Waals surface area contributed by atoms with Crippen LogP contribution in [-0.4, -0.2) is 37.2 Å². The van der Waals surface area contributed by atoms with E-state index in [1.54, 1.807) is 111 Å². The fraction of sp³-hybridized carbons (Fsp3) is 0.121. The molecule has 0 aliphatic heterocycles. The highest BCUT2D eigenvalue weighted by Crippen LogP contribution is 2.31. The quantitative estimate of drug-likeness (QED) is 0.125. The molecule has 0 saturated heterocycles. The standard InChI is InChI=1S/C33H30ClN3O5S/c1-21(31(38)36-28-20-26(41-2)16-17-30(28)42-3)43-27-11-7-10-25(19-27)35-33(40)29(18-22-12-14-24(34)15-13-22)37-32(39)23-8-5-4-6-9-23/h4-21H,1-3H3,(H,35,40)(H,36,38)(H,37,39)/b29-18-. The highest BCUT2D eigenvalue weighted by atomic mass is 35.5. The second-order valence-corrected chi connectivity index (χ2v) is 11.1. The van der Waals surface area contributed by atoms with E-state index in [9.17, 15) is 14.4 Å². The summed E-state index contributed by atoms with van der Waals surface area (Å²) in [6.07, 6.45) is 1.57. The third kappa shape index (κ3) is 8.88. The molecule has 4 rings (SSSR count). The molecule has 3 amide bonds. The molecule has 3 N–H and O–H groups in total. The van der Waals surface area contributed by atoms with Gasteiger partial charge in [-0.25, -0.2) is 0 Å². The summed E-state index contributed by atoms with van der Waals surface area (Å²) in [6, 6.07) is 27.8. The van der Waals surface area contributed by atoms with Gasteiger partial charge in [-0.15, -0.1) is 11.8 Å². The molecule has 1 unspecified atom stereocenters. The minimum atomic E-state index is -0.516. The molecule has 8 nitrogen and oxygen atoms in total. The Morgan fingerprint density at radius 3 is 2.28 bits per heavy atom. The van der Waals surface area contributed by atoms with Crippen LogP contribution in [0.2, 0.25) is 5.02 Å². The van der Waals surface area contributed by atoms with Crippen molar-refractivity contribution in [1.82, 2.24) is 5.32 Å². The molecular weight excluding hydrogens is 586 g/mol. The van der Waals surface area contributed by atoms with Gasteiger partial charge in [-0.05, 0) is 73.2 Å². The number of methoxy groups -OCH3 is 2. The van der Waals surface area contributed by atoms with Gasteiger partial charge in [0, 0.05) is 27.2 Å². The summed E-state index contributed by atoms with van der Waals surface area (Å²) in [5.41, 5.74) is 2.13. The largest absolute Gasteiger partial charge is 0.497 e. The van der Waals surface area contributed by atoms with Gasteiger partial charge < -0.3 is 25.4 Å². The number of thioether (sulfide) groups is 1. The topological polar surface area (TPSA) is 106 Å². The average molecular weight is 616 g/mol. The van der Waals surface area contributed by atoms with Gasteiger partial charge in [-0.1, -0.05) is 48.0 Å². The monoisotopic (exact) mass is 615 g/mol. The Morgan fingerprint density at radius 2 is 1.58 bits per heavy atom. The first-order valence-electron chi connectivity index (χ1n) is 13.2. The summed E-state index contributed by atoms with van der Waals surface area (Å²) in [5.74, 6) is -0.0740. The number of halogens is 1. The Morgan fingerprint density at radius 1 is 0.837 bits per heavy atom. The number of carbonyl (C=O) groups excluding carboxylic acids is 3. The van der Waals surface area contributed by atoms with Crippen LogP contribution in [0.4, 0.5) is 11.4 Å². The Labute approximate surface area is 259 Å². The van der Waals surface area contributed by atoms with E-state index >= 15 is 0 Å². The SMILES string of the molecule is COc1ccc(OC)c(NC(=O)C(C)Sc2cccc(NC(=O)/C(=C/c3ccc(Cl)cc3)NC(=O)c3ccccc3)c2)c1. The Hall–Kier alpha value is -4.73. The van der Waals surface area contributed by atoms with E-state index in [0.29, 0.717) is 39.0 Å². The maximum atomic E-state index is 13.4. The van der Waals surface area contributed by atoms with E-state index in [-0.39, 0.29) is 11.6 Å². The van der Waals surface area contributed by atoms with Gasteiger partial charge in [0.05, 0.1) is 25.2 Å². The second-order valence-electron chi connectivity index (χ2n) is 9.23. The molecule has 0 aliphatic carbocycles. The lowest BCUT2D eigenvalue weighted by atomic mass is 10.1. The number of rotatable bonds is 11. The molecular formula is C33H30ClN3O5S. The third-order valence-corrected chi connectivity index (χ3v) is 7.49. The smallest absolute Gasteiger partial charge is 0.272 e. The Balaban J connectivity index is 1.48. The summed E-state index contributed by atoms with van der Waals surface area (Å²) in [5, 5.41) is 8.53. The van der Waals surface area contributed by atoms with Crippen molar-refractivity contribution < 1.29 is 23.9 Å². The highest BCUT2D eigenvalue weighted by molar-refractivity contribution is 8.00. The number of nitrogens with one attached hydrogen (secondary N) is 3. The normalized spacial score (nSPS) is 11.7. The summed E-state index contributed by atoms with van der Waals surface area (Å²) in [4.78, 5) is 40.0. The zero-order valence-electron chi connectivity index (χ0n) is 23.7. The van der Waals surface area contributed by atoms with Gasteiger partial charge >= 0.3 is 0 Å². The lowest BCUT2D eigenvalue weighted by Gasteiger charge is -2.16. The number of ether oxygens (including phenoxy) is 2. The van der Waals surface area contributed by atoms with Gasteiger partial charge in [0.1, 0.15) is 17.2 Å². The van der Waals surface area contributed by atoms with Crippen LogP contribution in [0.25, 0.3) is 6.08 Å². The Bertz CT molecular complexity index is 1630. The van der Waals surface area contributed by atoms with E-state index in [4.69, 9.17) is 21.1 Å². The fourth-order valence-electron chi connectivity index (χ4n) is 3.92. The molecule has 0 aliphatic rings. The van der Waals surface area contributed by atoms with Crippen molar-refractivity contribution in [3.05, 3.63) is 119 Å². The first kappa shape index (κ1) is 31.2. The molecule has 0 heterocycles. The first-order valence-corrected chi connectivity index (χ1v) is 14.5. The summed E-state index contributed by atoms with van der Waals surface area (Å²) in [6.45, 7) is 1.78. The van der Waals surface area contributed by atoms with Crippen LogP contribution < -0.4 is 25.4 Å². The van der Waals surface area contributed by atoms with Gasteiger partial charge in [0.25, 0.3) is 11.8 Å². The minimum Gasteiger partial charge on any atom is -0.497 e. The van der Waals surface area contributed by atoms with Crippen molar-refractivity contribution >= 4 is 58.5 Å². The molecule has 0 saturated carbocycles. The number of hydrogen-bond donors (Lipinski definition) is 3. The van der Waals surface area contributed by atoms with Gasteiger partial charge in [-0.3, -0.25) is 14.4 Å². The zero-order valence-corrected chi connectivity index (χ0v) is 25.3. The van der Waals surface area contributed by atoms with E-state index in [1.165, 1.54) is 18.9 Å². The number of anilines is 2. The molecule has 0 spiro atoms. The lowest BCUT2D eigenvalue weighted by molar-refractivity contribution is -0.115. The van der Waals surface area contributed by atoms with Crippen molar-refractivity contribution in [1.29, 1.82) is 0 Å². The number of amides is 3. The number of hydrogen-bond acceptors (Lipinski definition) is 6. The van der Waals surface area contributed by atoms with Crippen LogP contribution in [0.5, 0.6) is 11.5 Å². The second kappa shape index (κ2) is 14.9. The van der Waals surface area contributed by atoms with Gasteiger partial charge in [-0.2, -0.15) is 0 Å². The predicted molar refractivity (Wildman–Crippen MR) is 172 cm³/mol. The van der Waals surface area contributed by atoms with Crippen molar-refractivity contribution in [3.63, 3.8) is 0 Å². The Kier molecular flexibility index (Phi) is 10.9. The van der Waals surface area contributed by atoms with Gasteiger partial charge in [0.15, 0.2) is 0 Å². The summed E-state index contributed by atoms with van der Waals surface area (Å²) in [7, 11) is 3.07. The molecule has 0 bridgehead atoms. The maximum absolute atomic E-state index is 13.4. The molecule has 10 heteroatoms. The van der Waals surface area contributed by atoms with Crippen LogP contribution >= 0.6 is 23.4 Å². The highest BCUT2D eigenvalue weighted by Gasteiger charge is 2.19. The first-order chi connectivity index (χ1) is 20.7. The van der Waals surface area contributed by atoms with Gasteiger partial charge in [0.2, 0.25) is 5.91 Å². The lowest BCUT2D eigenvalue weighted by Crippen LogP contribution is -2.30. The summed E-state index contributed by atoms with van der Waals surface area (Å²) < 4.78 is 10.6. The van der Waals surface area contributed by atoms with Crippen LogP contribution in [-0.2, 0) is 9.59 Å². The zero-order chi connectivity index (χ0) is 30.8. The van der Waals surface area contributed by atoms with Crippen LogP contribution in [0.3, 0.4) is 0 Å². The van der Waals surface area contributed by atoms with Crippen LogP contribution in [0.15, 0.2) is 108 Å². The van der Waals surface area contributed by atoms with E-state index in [0.717, 1.165) is 4.90 Å². The van der Waals surface area contributed by atoms with Crippen molar-refractivity contribution in [3.8, 4) is 11.5 Å². The molecule has 0 fully saturated rings. The molecule has 43 heavy (non-hydrogen) atoms. The number of carbonyl (C=O) groups is 3. The fourth-order valence-corrected chi connectivity index (χ4v) is 4.97. The number of benzene rings is 4. The molecule has 4 aromatic rings. The van der Waals surface area contributed by atoms with E-state index < -0.39 is 17.1 Å². The average Bonchev–Trinajstić information content (AvgIpc) is 3.02.